The molecular weight excluding hydrogens is 450 g/mol. The monoisotopic (exact) mass is 483 g/mol. The number of methoxy groups -OCH3 is 2. The van der Waals surface area contributed by atoms with Gasteiger partial charge in [-0.3, -0.25) is 9.59 Å². The molecule has 7 nitrogen and oxygen atoms in total. The van der Waals surface area contributed by atoms with Crippen molar-refractivity contribution >= 4 is 28.3 Å². The normalized spacial score (nSPS) is 26.8. The van der Waals surface area contributed by atoms with Crippen molar-refractivity contribution in [3.05, 3.63) is 23.6 Å². The number of carbonyl (C=O) groups is 2. The van der Waals surface area contributed by atoms with Crippen molar-refractivity contribution in [3.63, 3.8) is 0 Å². The Morgan fingerprint density at radius 3 is 2.44 bits per heavy atom. The number of ether oxygens (including phenoxy) is 2. The van der Waals surface area contributed by atoms with E-state index >= 15 is 0 Å². The van der Waals surface area contributed by atoms with Crippen LogP contribution in [0.3, 0.4) is 0 Å². The summed E-state index contributed by atoms with van der Waals surface area (Å²) in [7, 11) is 3.22. The molecule has 0 atom stereocenters. The van der Waals surface area contributed by atoms with E-state index < -0.39 is 0 Å². The van der Waals surface area contributed by atoms with E-state index in [-0.39, 0.29) is 17.2 Å². The highest BCUT2D eigenvalue weighted by atomic mass is 32.1. The summed E-state index contributed by atoms with van der Waals surface area (Å²) < 4.78 is 10.7. The lowest BCUT2D eigenvalue weighted by Crippen LogP contribution is -2.53. The zero-order valence-corrected chi connectivity index (χ0v) is 20.7. The number of nitrogens with zero attached hydrogens (tertiary/aromatic N) is 1. The fourth-order valence-electron chi connectivity index (χ4n) is 6.67. The Morgan fingerprint density at radius 2 is 1.79 bits per heavy atom. The first-order chi connectivity index (χ1) is 16.5. The van der Waals surface area contributed by atoms with Crippen LogP contribution in [0.1, 0.15) is 51.4 Å². The van der Waals surface area contributed by atoms with Crippen LogP contribution in [0.25, 0.3) is 11.3 Å². The number of amides is 2. The predicted octanol–water partition coefficient (Wildman–Crippen LogP) is 4.88. The van der Waals surface area contributed by atoms with Gasteiger partial charge < -0.3 is 20.1 Å². The summed E-state index contributed by atoms with van der Waals surface area (Å²) in [6.07, 6.45) is 8.16. The molecule has 4 aliphatic carbocycles. The van der Waals surface area contributed by atoms with Crippen LogP contribution in [0, 0.1) is 23.2 Å². The molecule has 182 valence electrons. The first-order valence-electron chi connectivity index (χ1n) is 12.2. The van der Waals surface area contributed by atoms with E-state index in [9.17, 15) is 9.59 Å². The molecule has 4 aliphatic rings. The third-order valence-corrected chi connectivity index (χ3v) is 8.58. The first-order valence-corrected chi connectivity index (χ1v) is 13.1. The summed E-state index contributed by atoms with van der Waals surface area (Å²) in [6.45, 7) is 0.542. The Morgan fingerprint density at radius 1 is 1.09 bits per heavy atom. The lowest BCUT2D eigenvalue weighted by molar-refractivity contribution is -0.146. The number of rotatable bonds is 9. The van der Waals surface area contributed by atoms with Crippen molar-refractivity contribution in [2.24, 2.45) is 23.2 Å². The van der Waals surface area contributed by atoms with E-state index in [0.717, 1.165) is 48.3 Å². The number of nitrogens with one attached hydrogen (secondary N) is 2. The van der Waals surface area contributed by atoms with Crippen molar-refractivity contribution in [1.82, 2.24) is 10.3 Å². The molecule has 2 aromatic rings. The summed E-state index contributed by atoms with van der Waals surface area (Å²) in [5.41, 5.74) is 1.45. The van der Waals surface area contributed by atoms with Gasteiger partial charge in [-0.2, -0.15) is 0 Å². The number of carbonyl (C=O) groups excluding carboxylic acids is 2. The summed E-state index contributed by atoms with van der Waals surface area (Å²) in [6, 6.07) is 5.56. The zero-order valence-electron chi connectivity index (χ0n) is 19.9. The maximum absolute atomic E-state index is 13.0. The Labute approximate surface area is 204 Å². The van der Waals surface area contributed by atoms with Crippen LogP contribution in [-0.4, -0.2) is 37.6 Å². The third-order valence-electron chi connectivity index (χ3n) is 7.82. The molecule has 6 rings (SSSR count). The van der Waals surface area contributed by atoms with Gasteiger partial charge in [-0.25, -0.2) is 4.98 Å². The van der Waals surface area contributed by atoms with Crippen molar-refractivity contribution in [1.29, 1.82) is 0 Å². The Hall–Kier alpha value is -2.61. The summed E-state index contributed by atoms with van der Waals surface area (Å²) in [5.74, 6) is 3.77. The molecule has 2 amide bonds. The number of aromatic nitrogens is 1. The smallest absolute Gasteiger partial charge is 0.226 e. The molecule has 0 spiro atoms. The van der Waals surface area contributed by atoms with Crippen molar-refractivity contribution < 1.29 is 19.1 Å². The Bertz CT molecular complexity index is 1030. The standard InChI is InChI=1S/C26H33N3O4S/c1-32-19-5-6-20(22(11-19)33-2)21-15-34-25(28-21)29-23(30)4-3-7-27-24(31)26-12-16-8-17(13-26)10-18(9-16)14-26/h5-6,11,15-18H,3-4,7-10,12-14H2,1-2H3,(H,27,31)(H,28,29,30). The van der Waals surface area contributed by atoms with Gasteiger partial charge in [0.15, 0.2) is 5.13 Å². The van der Waals surface area contributed by atoms with Crippen LogP contribution >= 0.6 is 11.3 Å². The molecule has 0 saturated heterocycles. The molecule has 4 fully saturated rings. The molecule has 0 radical (unpaired) electrons. The number of thiazole rings is 1. The molecule has 4 saturated carbocycles. The largest absolute Gasteiger partial charge is 0.497 e. The highest BCUT2D eigenvalue weighted by Crippen LogP contribution is 2.60. The average molecular weight is 484 g/mol. The number of hydrogen-bond acceptors (Lipinski definition) is 6. The second kappa shape index (κ2) is 9.56. The third kappa shape index (κ3) is 4.65. The number of benzene rings is 1. The van der Waals surface area contributed by atoms with E-state index in [1.54, 1.807) is 14.2 Å². The quantitative estimate of drug-likeness (QED) is 0.496. The number of anilines is 1. The molecule has 4 bridgehead atoms. The van der Waals surface area contributed by atoms with E-state index in [1.165, 1.54) is 30.6 Å². The minimum atomic E-state index is -0.128. The van der Waals surface area contributed by atoms with Gasteiger partial charge in [0.1, 0.15) is 11.5 Å². The minimum absolute atomic E-state index is 0.0911. The van der Waals surface area contributed by atoms with Crippen LogP contribution in [0.2, 0.25) is 0 Å². The van der Waals surface area contributed by atoms with Gasteiger partial charge in [0.05, 0.1) is 19.9 Å². The second-order valence-electron chi connectivity index (χ2n) is 10.2. The molecule has 0 unspecified atom stereocenters. The maximum atomic E-state index is 13.0. The molecule has 1 aromatic carbocycles. The molecular formula is C26H33N3O4S. The van der Waals surface area contributed by atoms with Crippen LogP contribution in [0.15, 0.2) is 23.6 Å². The molecule has 2 N–H and O–H groups in total. The van der Waals surface area contributed by atoms with Crippen LogP contribution in [0.4, 0.5) is 5.13 Å². The molecule has 0 aliphatic heterocycles. The second-order valence-corrected chi connectivity index (χ2v) is 11.1. The van der Waals surface area contributed by atoms with Gasteiger partial charge in [-0.05, 0) is 74.8 Å². The van der Waals surface area contributed by atoms with Gasteiger partial charge >= 0.3 is 0 Å². The lowest BCUT2D eigenvalue weighted by Gasteiger charge is -2.55. The highest BCUT2D eigenvalue weighted by molar-refractivity contribution is 7.14. The van der Waals surface area contributed by atoms with Crippen LogP contribution in [0.5, 0.6) is 11.5 Å². The Kier molecular flexibility index (Phi) is 6.51. The lowest BCUT2D eigenvalue weighted by atomic mass is 9.49. The van der Waals surface area contributed by atoms with E-state index in [0.29, 0.717) is 36.0 Å². The fraction of sp³-hybridized carbons (Fsp3) is 0.577. The zero-order chi connectivity index (χ0) is 23.7. The van der Waals surface area contributed by atoms with Crippen LogP contribution in [-0.2, 0) is 9.59 Å². The summed E-state index contributed by atoms with van der Waals surface area (Å²) in [4.78, 5) is 30.0. The summed E-state index contributed by atoms with van der Waals surface area (Å²) in [5, 5.41) is 8.48. The van der Waals surface area contributed by atoms with Crippen LogP contribution < -0.4 is 20.1 Å². The molecule has 8 heteroatoms. The van der Waals surface area contributed by atoms with Gasteiger partial charge in [0.25, 0.3) is 0 Å². The van der Waals surface area contributed by atoms with Crippen molar-refractivity contribution in [2.45, 2.75) is 51.4 Å². The van der Waals surface area contributed by atoms with Crippen molar-refractivity contribution in [2.75, 3.05) is 26.1 Å². The van der Waals surface area contributed by atoms with Gasteiger partial charge in [0, 0.05) is 35.4 Å². The SMILES string of the molecule is COc1ccc(-c2csc(NC(=O)CCCNC(=O)C34CC5CC(CC(C5)C3)C4)n2)c(OC)c1. The minimum Gasteiger partial charge on any atom is -0.497 e. The van der Waals surface area contributed by atoms with E-state index in [4.69, 9.17) is 9.47 Å². The van der Waals surface area contributed by atoms with E-state index in [1.807, 2.05) is 23.6 Å². The maximum Gasteiger partial charge on any atom is 0.226 e. The first kappa shape index (κ1) is 23.1. The Balaban J connectivity index is 1.09. The molecule has 34 heavy (non-hydrogen) atoms. The predicted molar refractivity (Wildman–Crippen MR) is 132 cm³/mol. The van der Waals surface area contributed by atoms with Gasteiger partial charge in [-0.1, -0.05) is 0 Å². The average Bonchev–Trinajstić information content (AvgIpc) is 3.28. The highest BCUT2D eigenvalue weighted by Gasteiger charge is 2.54. The molecule has 1 heterocycles. The fourth-order valence-corrected chi connectivity index (χ4v) is 7.40. The molecule has 1 aromatic heterocycles. The summed E-state index contributed by atoms with van der Waals surface area (Å²) >= 11 is 1.38. The topological polar surface area (TPSA) is 89.6 Å². The number of hydrogen-bond donors (Lipinski definition) is 2. The van der Waals surface area contributed by atoms with Crippen molar-refractivity contribution in [3.8, 4) is 22.8 Å². The van der Waals surface area contributed by atoms with Gasteiger partial charge in [-0.15, -0.1) is 11.3 Å². The van der Waals surface area contributed by atoms with Gasteiger partial charge in [0.2, 0.25) is 11.8 Å². The van der Waals surface area contributed by atoms with E-state index in [2.05, 4.69) is 15.6 Å².